The highest BCUT2D eigenvalue weighted by Crippen LogP contribution is 2.20. The van der Waals surface area contributed by atoms with Crippen molar-refractivity contribution < 1.29 is 9.53 Å². The number of ether oxygens (including phenoxy) is 1. The summed E-state index contributed by atoms with van der Waals surface area (Å²) in [5.41, 5.74) is 6.42. The van der Waals surface area contributed by atoms with Gasteiger partial charge >= 0.3 is 0 Å². The van der Waals surface area contributed by atoms with Crippen LogP contribution in [0.2, 0.25) is 0 Å². The van der Waals surface area contributed by atoms with E-state index < -0.39 is 0 Å². The third-order valence-corrected chi connectivity index (χ3v) is 3.87. The number of para-hydroxylation sites is 2. The van der Waals surface area contributed by atoms with Gasteiger partial charge in [-0.2, -0.15) is 0 Å². The standard InChI is InChI=1S/C16H24N2O2/c1-13-7-3-2-6-11-18(13)16(19)10-12-20-15-9-5-4-8-14(15)17/h4-5,8-9,13H,2-3,6-7,10-12,17H2,1H3. The minimum atomic E-state index is 0.189. The van der Waals surface area contributed by atoms with E-state index in [9.17, 15) is 4.79 Å². The van der Waals surface area contributed by atoms with Crippen molar-refractivity contribution >= 4 is 11.6 Å². The molecule has 1 amide bonds. The Bertz CT molecular complexity index is 448. The third-order valence-electron chi connectivity index (χ3n) is 3.87. The minimum absolute atomic E-state index is 0.189. The molecular weight excluding hydrogens is 252 g/mol. The fourth-order valence-corrected chi connectivity index (χ4v) is 2.65. The first-order valence-electron chi connectivity index (χ1n) is 7.45. The lowest BCUT2D eigenvalue weighted by Gasteiger charge is -2.27. The number of amides is 1. The number of anilines is 1. The molecule has 2 rings (SSSR count). The van der Waals surface area contributed by atoms with E-state index >= 15 is 0 Å². The second-order valence-electron chi connectivity index (χ2n) is 5.42. The number of hydrogen-bond donors (Lipinski definition) is 1. The van der Waals surface area contributed by atoms with E-state index in [2.05, 4.69) is 6.92 Å². The van der Waals surface area contributed by atoms with Gasteiger partial charge in [0.2, 0.25) is 5.91 Å². The van der Waals surface area contributed by atoms with Crippen LogP contribution in [0.1, 0.15) is 39.0 Å². The number of hydrogen-bond acceptors (Lipinski definition) is 3. The summed E-state index contributed by atoms with van der Waals surface area (Å²) in [6.45, 7) is 3.41. The first-order chi connectivity index (χ1) is 9.68. The molecule has 1 atom stereocenters. The molecule has 20 heavy (non-hydrogen) atoms. The molecule has 4 heteroatoms. The molecule has 2 N–H and O–H groups in total. The maximum Gasteiger partial charge on any atom is 0.226 e. The number of rotatable bonds is 4. The summed E-state index contributed by atoms with van der Waals surface area (Å²) < 4.78 is 5.59. The van der Waals surface area contributed by atoms with Crippen LogP contribution in [0, 0.1) is 0 Å². The van der Waals surface area contributed by atoms with Gasteiger partial charge in [0.25, 0.3) is 0 Å². The van der Waals surface area contributed by atoms with Crippen molar-refractivity contribution in [3.63, 3.8) is 0 Å². The summed E-state index contributed by atoms with van der Waals surface area (Å²) in [6, 6.07) is 7.73. The average molecular weight is 276 g/mol. The SMILES string of the molecule is CC1CCCCCN1C(=O)CCOc1ccccc1N. The van der Waals surface area contributed by atoms with E-state index in [1.54, 1.807) is 6.07 Å². The fraction of sp³-hybridized carbons (Fsp3) is 0.562. The van der Waals surface area contributed by atoms with Crippen molar-refractivity contribution in [2.45, 2.75) is 45.1 Å². The zero-order valence-electron chi connectivity index (χ0n) is 12.2. The number of benzene rings is 1. The Morgan fingerprint density at radius 1 is 1.35 bits per heavy atom. The fourth-order valence-electron chi connectivity index (χ4n) is 2.65. The van der Waals surface area contributed by atoms with Crippen LogP contribution >= 0.6 is 0 Å². The summed E-state index contributed by atoms with van der Waals surface area (Å²) in [7, 11) is 0. The van der Waals surface area contributed by atoms with E-state index in [4.69, 9.17) is 10.5 Å². The summed E-state index contributed by atoms with van der Waals surface area (Å²) in [4.78, 5) is 14.3. The van der Waals surface area contributed by atoms with Crippen LogP contribution in [0.15, 0.2) is 24.3 Å². The Labute approximate surface area is 120 Å². The van der Waals surface area contributed by atoms with Crippen molar-refractivity contribution in [1.82, 2.24) is 4.90 Å². The Morgan fingerprint density at radius 2 is 2.15 bits per heavy atom. The molecular formula is C16H24N2O2. The first kappa shape index (κ1) is 14.7. The molecule has 1 heterocycles. The lowest BCUT2D eigenvalue weighted by molar-refractivity contribution is -0.133. The molecule has 0 radical (unpaired) electrons. The van der Waals surface area contributed by atoms with Gasteiger partial charge in [-0.05, 0) is 31.9 Å². The van der Waals surface area contributed by atoms with Gasteiger partial charge in [-0.3, -0.25) is 4.79 Å². The molecule has 1 aliphatic heterocycles. The Morgan fingerprint density at radius 3 is 2.95 bits per heavy atom. The van der Waals surface area contributed by atoms with Crippen LogP contribution in [0.4, 0.5) is 5.69 Å². The minimum Gasteiger partial charge on any atom is -0.491 e. The zero-order valence-corrected chi connectivity index (χ0v) is 12.2. The molecule has 1 aromatic carbocycles. The van der Waals surface area contributed by atoms with E-state index in [0.717, 1.165) is 19.4 Å². The summed E-state index contributed by atoms with van der Waals surface area (Å²) in [6.07, 6.45) is 5.09. The zero-order chi connectivity index (χ0) is 14.4. The molecule has 1 unspecified atom stereocenters. The molecule has 1 fully saturated rings. The van der Waals surface area contributed by atoms with Gasteiger partial charge in [0.05, 0.1) is 18.7 Å². The van der Waals surface area contributed by atoms with Crippen LogP contribution in [-0.4, -0.2) is 30.0 Å². The predicted octanol–water partition coefficient (Wildman–Crippen LogP) is 2.83. The van der Waals surface area contributed by atoms with Crippen LogP contribution < -0.4 is 10.5 Å². The molecule has 1 aliphatic rings. The third kappa shape index (κ3) is 3.89. The maximum absolute atomic E-state index is 12.3. The largest absolute Gasteiger partial charge is 0.491 e. The van der Waals surface area contributed by atoms with Crippen molar-refractivity contribution in [3.05, 3.63) is 24.3 Å². The normalized spacial score (nSPS) is 19.4. The van der Waals surface area contributed by atoms with Crippen LogP contribution in [-0.2, 0) is 4.79 Å². The molecule has 0 spiro atoms. The molecule has 110 valence electrons. The molecule has 0 aromatic heterocycles. The second-order valence-corrected chi connectivity index (χ2v) is 5.42. The highest BCUT2D eigenvalue weighted by atomic mass is 16.5. The van der Waals surface area contributed by atoms with Crippen molar-refractivity contribution in [1.29, 1.82) is 0 Å². The number of carbonyl (C=O) groups is 1. The monoisotopic (exact) mass is 276 g/mol. The number of likely N-dealkylation sites (tertiary alicyclic amines) is 1. The molecule has 1 saturated heterocycles. The van der Waals surface area contributed by atoms with Gasteiger partial charge in [-0.25, -0.2) is 0 Å². The van der Waals surface area contributed by atoms with E-state index in [1.165, 1.54) is 12.8 Å². The van der Waals surface area contributed by atoms with E-state index in [1.807, 2.05) is 23.1 Å². The van der Waals surface area contributed by atoms with Gasteiger partial charge in [0, 0.05) is 12.6 Å². The molecule has 1 aromatic rings. The van der Waals surface area contributed by atoms with Gasteiger partial charge in [0.1, 0.15) is 5.75 Å². The van der Waals surface area contributed by atoms with Gasteiger partial charge in [0.15, 0.2) is 0 Å². The number of nitrogens with zero attached hydrogens (tertiary/aromatic N) is 1. The molecule has 4 nitrogen and oxygen atoms in total. The van der Waals surface area contributed by atoms with Crippen molar-refractivity contribution in [2.75, 3.05) is 18.9 Å². The van der Waals surface area contributed by atoms with Gasteiger partial charge in [-0.15, -0.1) is 0 Å². The first-order valence-corrected chi connectivity index (χ1v) is 7.45. The quantitative estimate of drug-likeness (QED) is 0.860. The highest BCUT2D eigenvalue weighted by molar-refractivity contribution is 5.76. The van der Waals surface area contributed by atoms with Crippen LogP contribution in [0.5, 0.6) is 5.75 Å². The van der Waals surface area contributed by atoms with Crippen LogP contribution in [0.25, 0.3) is 0 Å². The van der Waals surface area contributed by atoms with Gasteiger partial charge in [-0.1, -0.05) is 25.0 Å². The van der Waals surface area contributed by atoms with Crippen molar-refractivity contribution in [3.8, 4) is 5.75 Å². The highest BCUT2D eigenvalue weighted by Gasteiger charge is 2.21. The lowest BCUT2D eigenvalue weighted by Crippen LogP contribution is -2.38. The number of carbonyl (C=O) groups excluding carboxylic acids is 1. The molecule has 0 bridgehead atoms. The summed E-state index contributed by atoms with van der Waals surface area (Å²) >= 11 is 0. The summed E-state index contributed by atoms with van der Waals surface area (Å²) in [5.74, 6) is 0.845. The number of nitrogen functional groups attached to an aromatic ring is 1. The summed E-state index contributed by atoms with van der Waals surface area (Å²) in [5, 5.41) is 0. The van der Waals surface area contributed by atoms with Crippen molar-refractivity contribution in [2.24, 2.45) is 0 Å². The molecule has 0 saturated carbocycles. The Hall–Kier alpha value is -1.71. The smallest absolute Gasteiger partial charge is 0.226 e. The maximum atomic E-state index is 12.3. The molecule has 0 aliphatic carbocycles. The predicted molar refractivity (Wildman–Crippen MR) is 80.6 cm³/mol. The average Bonchev–Trinajstić information content (AvgIpc) is 2.65. The van der Waals surface area contributed by atoms with Crippen LogP contribution in [0.3, 0.4) is 0 Å². The lowest BCUT2D eigenvalue weighted by atomic mass is 10.1. The topological polar surface area (TPSA) is 55.6 Å². The number of nitrogens with two attached hydrogens (primary N) is 1. The Kier molecular flexibility index (Phi) is 5.27. The van der Waals surface area contributed by atoms with E-state index in [0.29, 0.717) is 30.5 Å². The second kappa shape index (κ2) is 7.17. The Balaban J connectivity index is 1.81. The van der Waals surface area contributed by atoms with Gasteiger partial charge < -0.3 is 15.4 Å². The van der Waals surface area contributed by atoms with E-state index in [-0.39, 0.29) is 5.91 Å².